The zero-order valence-electron chi connectivity index (χ0n) is 21.2. The molecule has 0 aromatic heterocycles. The van der Waals surface area contributed by atoms with Crippen molar-refractivity contribution in [3.8, 4) is 0 Å². The van der Waals surface area contributed by atoms with Gasteiger partial charge >= 0.3 is 17.9 Å². The minimum atomic E-state index is -0.950. The van der Waals surface area contributed by atoms with Crippen molar-refractivity contribution < 1.29 is 39.5 Å². The zero-order chi connectivity index (χ0) is 25.7. The van der Waals surface area contributed by atoms with E-state index in [1.54, 1.807) is 0 Å². The van der Waals surface area contributed by atoms with E-state index in [0.29, 0.717) is 12.8 Å². The first kappa shape index (κ1) is 35.9. The Hall–Kier alpha value is -1.67. The molecule has 1 unspecified atom stereocenters. The molecule has 0 rings (SSSR count). The van der Waals surface area contributed by atoms with Crippen LogP contribution in [0.2, 0.25) is 0 Å². The smallest absolute Gasteiger partial charge is 0.303 e. The van der Waals surface area contributed by atoms with E-state index in [9.17, 15) is 14.4 Å². The lowest BCUT2D eigenvalue weighted by molar-refractivity contribution is -0.144. The number of hydrogen-bond donors (Lipinski definition) is 4. The van der Waals surface area contributed by atoms with E-state index in [1.165, 1.54) is 71.1 Å². The number of carboxylic acid groups (broad SMARTS) is 2. The highest BCUT2D eigenvalue weighted by Gasteiger charge is 2.02. The molecule has 0 aliphatic heterocycles. The second-order valence-corrected chi connectivity index (χ2v) is 8.17. The van der Waals surface area contributed by atoms with Crippen LogP contribution in [0, 0.1) is 0 Å². The van der Waals surface area contributed by atoms with Crippen LogP contribution in [0.25, 0.3) is 0 Å². The Balaban J connectivity index is -0.000000414. The minimum absolute atomic E-state index is 0.133. The Bertz CT molecular complexity index is 412. The summed E-state index contributed by atoms with van der Waals surface area (Å²) in [5, 5.41) is 33.5. The second kappa shape index (κ2) is 30.3. The number of aliphatic hydroxyl groups excluding tert-OH is 2. The molecular formula is C25H50O8. The van der Waals surface area contributed by atoms with Crippen LogP contribution in [0.4, 0.5) is 0 Å². The molecule has 33 heavy (non-hydrogen) atoms. The van der Waals surface area contributed by atoms with Crippen molar-refractivity contribution in [3.63, 3.8) is 0 Å². The molecule has 0 heterocycles. The number of ether oxygens (including phenoxy) is 1. The van der Waals surface area contributed by atoms with Crippen LogP contribution in [0.15, 0.2) is 0 Å². The van der Waals surface area contributed by atoms with Crippen LogP contribution in [0.1, 0.15) is 124 Å². The Morgan fingerprint density at radius 2 is 1.00 bits per heavy atom. The maximum atomic E-state index is 10.1. The lowest BCUT2D eigenvalue weighted by atomic mass is 10.1. The summed E-state index contributed by atoms with van der Waals surface area (Å²) in [6, 6.07) is 0. The number of aliphatic hydroxyl groups is 2. The fourth-order valence-corrected chi connectivity index (χ4v) is 2.73. The maximum absolute atomic E-state index is 10.1. The molecule has 0 amide bonds. The number of rotatable bonds is 19. The first-order valence-corrected chi connectivity index (χ1v) is 12.6. The standard InChI is InChI=1S/2C10H20O2.C5H10O4/c2*1-2-3-4-5-6-7-8-9-10(11)12;1-4(7)9-3-5(8)2-6/h2*2-9H2,1H3,(H,11,12);5-6,8H,2-3H2,1H3. The molecular weight excluding hydrogens is 428 g/mol. The molecule has 198 valence electrons. The molecule has 0 fully saturated rings. The van der Waals surface area contributed by atoms with Gasteiger partial charge in [0, 0.05) is 19.8 Å². The molecule has 1 atom stereocenters. The Kier molecular flexibility index (Phi) is 33.0. The van der Waals surface area contributed by atoms with Crippen LogP contribution in [-0.4, -0.2) is 57.7 Å². The second-order valence-electron chi connectivity index (χ2n) is 8.17. The van der Waals surface area contributed by atoms with Crippen molar-refractivity contribution in [2.24, 2.45) is 0 Å². The van der Waals surface area contributed by atoms with Gasteiger partial charge in [-0.15, -0.1) is 0 Å². The molecule has 0 aromatic rings. The third-order valence-electron chi connectivity index (χ3n) is 4.68. The normalized spacial score (nSPS) is 10.8. The number of carboxylic acids is 2. The highest BCUT2D eigenvalue weighted by atomic mass is 16.5. The lowest BCUT2D eigenvalue weighted by Crippen LogP contribution is -2.20. The van der Waals surface area contributed by atoms with Gasteiger partial charge in [0.2, 0.25) is 0 Å². The van der Waals surface area contributed by atoms with E-state index in [0.717, 1.165) is 25.7 Å². The van der Waals surface area contributed by atoms with E-state index >= 15 is 0 Å². The molecule has 0 saturated heterocycles. The molecule has 8 heteroatoms. The van der Waals surface area contributed by atoms with E-state index in [4.69, 9.17) is 20.4 Å². The summed E-state index contributed by atoms with van der Waals surface area (Å²) in [7, 11) is 0. The molecule has 8 nitrogen and oxygen atoms in total. The summed E-state index contributed by atoms with van der Waals surface area (Å²) < 4.78 is 4.35. The van der Waals surface area contributed by atoms with Gasteiger partial charge in [0.15, 0.2) is 0 Å². The third-order valence-corrected chi connectivity index (χ3v) is 4.68. The van der Waals surface area contributed by atoms with Crippen LogP contribution in [0.5, 0.6) is 0 Å². The highest BCUT2D eigenvalue weighted by Crippen LogP contribution is 2.08. The van der Waals surface area contributed by atoms with Crippen LogP contribution in [0.3, 0.4) is 0 Å². The molecule has 0 saturated carbocycles. The van der Waals surface area contributed by atoms with Crippen molar-refractivity contribution in [1.82, 2.24) is 0 Å². The number of unbranched alkanes of at least 4 members (excludes halogenated alkanes) is 12. The maximum Gasteiger partial charge on any atom is 0.303 e. The Morgan fingerprint density at radius 1 is 0.667 bits per heavy atom. The van der Waals surface area contributed by atoms with Crippen molar-refractivity contribution >= 4 is 17.9 Å². The predicted molar refractivity (Wildman–Crippen MR) is 130 cm³/mol. The summed E-state index contributed by atoms with van der Waals surface area (Å²) in [5.41, 5.74) is 0. The van der Waals surface area contributed by atoms with Gasteiger partial charge in [-0.25, -0.2) is 0 Å². The zero-order valence-corrected chi connectivity index (χ0v) is 21.2. The average Bonchev–Trinajstić information content (AvgIpc) is 2.76. The van der Waals surface area contributed by atoms with E-state index in [1.807, 2.05) is 0 Å². The van der Waals surface area contributed by atoms with Gasteiger partial charge in [0.05, 0.1) is 6.61 Å². The van der Waals surface area contributed by atoms with Crippen LogP contribution >= 0.6 is 0 Å². The summed E-state index contributed by atoms with van der Waals surface area (Å²) in [5.74, 6) is -1.78. The van der Waals surface area contributed by atoms with Gasteiger partial charge in [0.25, 0.3) is 0 Å². The molecule has 0 aliphatic rings. The Morgan fingerprint density at radius 3 is 1.27 bits per heavy atom. The fraction of sp³-hybridized carbons (Fsp3) is 0.880. The van der Waals surface area contributed by atoms with Crippen molar-refractivity contribution in [1.29, 1.82) is 0 Å². The van der Waals surface area contributed by atoms with Gasteiger partial charge in [-0.05, 0) is 12.8 Å². The van der Waals surface area contributed by atoms with Crippen LogP contribution < -0.4 is 0 Å². The number of esters is 1. The molecule has 0 aliphatic carbocycles. The highest BCUT2D eigenvalue weighted by molar-refractivity contribution is 5.66. The number of hydrogen-bond acceptors (Lipinski definition) is 6. The van der Waals surface area contributed by atoms with Gasteiger partial charge in [-0.1, -0.05) is 90.9 Å². The van der Waals surface area contributed by atoms with Gasteiger partial charge in [-0.3, -0.25) is 14.4 Å². The molecule has 4 N–H and O–H groups in total. The van der Waals surface area contributed by atoms with Crippen LogP contribution in [-0.2, 0) is 19.1 Å². The van der Waals surface area contributed by atoms with Gasteiger partial charge in [-0.2, -0.15) is 0 Å². The predicted octanol–water partition coefficient (Wildman–Crippen LogP) is 5.33. The largest absolute Gasteiger partial charge is 0.481 e. The monoisotopic (exact) mass is 478 g/mol. The lowest BCUT2D eigenvalue weighted by Gasteiger charge is -2.05. The first-order valence-electron chi connectivity index (χ1n) is 12.6. The molecule has 0 spiro atoms. The number of carbonyl (C=O) groups excluding carboxylic acids is 1. The first-order chi connectivity index (χ1) is 15.7. The molecule has 0 aromatic carbocycles. The van der Waals surface area contributed by atoms with Gasteiger partial charge < -0.3 is 25.2 Å². The van der Waals surface area contributed by atoms with E-state index in [2.05, 4.69) is 18.6 Å². The SMILES string of the molecule is CC(=O)OCC(O)CO.CCCCCCCCCC(=O)O.CCCCCCCCCC(=O)O. The molecule has 0 radical (unpaired) electrons. The fourth-order valence-electron chi connectivity index (χ4n) is 2.73. The average molecular weight is 479 g/mol. The van der Waals surface area contributed by atoms with Crippen molar-refractivity contribution in [2.45, 2.75) is 130 Å². The summed E-state index contributed by atoms with van der Waals surface area (Å²) in [6.07, 6.45) is 16.3. The number of aliphatic carboxylic acids is 2. The van der Waals surface area contributed by atoms with Gasteiger partial charge in [0.1, 0.15) is 12.7 Å². The third kappa shape index (κ3) is 44.7. The summed E-state index contributed by atoms with van der Waals surface area (Å²) >= 11 is 0. The van der Waals surface area contributed by atoms with Crippen molar-refractivity contribution in [3.05, 3.63) is 0 Å². The van der Waals surface area contributed by atoms with Crippen molar-refractivity contribution in [2.75, 3.05) is 13.2 Å². The Labute approximate surface area is 200 Å². The minimum Gasteiger partial charge on any atom is -0.481 e. The molecule has 0 bridgehead atoms. The van der Waals surface area contributed by atoms with E-state index in [-0.39, 0.29) is 13.2 Å². The number of carbonyl (C=O) groups is 3. The summed E-state index contributed by atoms with van der Waals surface area (Å²) in [4.78, 5) is 30.3. The quantitative estimate of drug-likeness (QED) is 0.144. The topological polar surface area (TPSA) is 141 Å². The van der Waals surface area contributed by atoms with E-state index < -0.39 is 24.0 Å². The summed E-state index contributed by atoms with van der Waals surface area (Å²) in [6.45, 7) is 5.12.